The van der Waals surface area contributed by atoms with Crippen LogP contribution >= 0.6 is 0 Å². The summed E-state index contributed by atoms with van der Waals surface area (Å²) < 4.78 is 1.94. The van der Waals surface area contributed by atoms with E-state index in [0.717, 1.165) is 23.8 Å². The molecule has 0 amide bonds. The lowest BCUT2D eigenvalue weighted by atomic mass is 10.2. The van der Waals surface area contributed by atoms with Crippen molar-refractivity contribution in [2.45, 2.75) is 46.1 Å². The van der Waals surface area contributed by atoms with E-state index in [9.17, 15) is 0 Å². The standard InChI is InChI=1S/C12H19N5/c1-8(2)12-13-6-11(16-12)5-9(3)17-10(4)14-7-15-17/h6-9H,5H2,1-4H3,(H,13,16). The fourth-order valence-corrected chi connectivity index (χ4v) is 1.92. The average Bonchev–Trinajstić information content (AvgIpc) is 2.86. The van der Waals surface area contributed by atoms with Crippen LogP contribution in [0.4, 0.5) is 0 Å². The summed E-state index contributed by atoms with van der Waals surface area (Å²) in [5, 5.41) is 4.23. The summed E-state index contributed by atoms with van der Waals surface area (Å²) in [5.41, 5.74) is 1.15. The number of hydrogen-bond donors (Lipinski definition) is 1. The van der Waals surface area contributed by atoms with Crippen LogP contribution < -0.4 is 0 Å². The molecular weight excluding hydrogens is 214 g/mol. The first-order valence-corrected chi connectivity index (χ1v) is 5.97. The largest absolute Gasteiger partial charge is 0.346 e. The van der Waals surface area contributed by atoms with E-state index in [1.165, 1.54) is 0 Å². The third kappa shape index (κ3) is 2.54. The Morgan fingerprint density at radius 3 is 2.59 bits per heavy atom. The normalized spacial score (nSPS) is 13.2. The predicted molar refractivity (Wildman–Crippen MR) is 65.9 cm³/mol. The summed E-state index contributed by atoms with van der Waals surface area (Å²) in [6.45, 7) is 8.37. The molecule has 5 nitrogen and oxygen atoms in total. The molecule has 0 aromatic carbocycles. The molecule has 0 radical (unpaired) electrons. The molecule has 0 saturated heterocycles. The molecule has 2 aromatic rings. The lowest BCUT2D eigenvalue weighted by Gasteiger charge is -2.11. The van der Waals surface area contributed by atoms with Gasteiger partial charge in [-0.05, 0) is 13.8 Å². The van der Waals surface area contributed by atoms with Crippen LogP contribution in [0, 0.1) is 6.92 Å². The Morgan fingerprint density at radius 1 is 1.29 bits per heavy atom. The monoisotopic (exact) mass is 233 g/mol. The summed E-state index contributed by atoms with van der Waals surface area (Å²) in [4.78, 5) is 11.9. The highest BCUT2D eigenvalue weighted by Crippen LogP contribution is 2.15. The Morgan fingerprint density at radius 2 is 2.06 bits per heavy atom. The molecule has 2 aromatic heterocycles. The van der Waals surface area contributed by atoms with Gasteiger partial charge < -0.3 is 4.98 Å². The van der Waals surface area contributed by atoms with Crippen molar-refractivity contribution in [2.75, 3.05) is 0 Å². The Hall–Kier alpha value is -1.65. The van der Waals surface area contributed by atoms with Gasteiger partial charge in [-0.1, -0.05) is 13.8 Å². The van der Waals surface area contributed by atoms with E-state index in [1.54, 1.807) is 6.33 Å². The highest BCUT2D eigenvalue weighted by Gasteiger charge is 2.12. The van der Waals surface area contributed by atoms with Crippen molar-refractivity contribution in [3.05, 3.63) is 29.9 Å². The lowest BCUT2D eigenvalue weighted by Crippen LogP contribution is -2.11. The number of aromatic amines is 1. The third-order valence-electron chi connectivity index (χ3n) is 2.88. The number of nitrogens with one attached hydrogen (secondary N) is 1. The molecule has 0 bridgehead atoms. The molecule has 0 saturated carbocycles. The van der Waals surface area contributed by atoms with Gasteiger partial charge in [0.25, 0.3) is 0 Å². The highest BCUT2D eigenvalue weighted by atomic mass is 15.3. The zero-order valence-corrected chi connectivity index (χ0v) is 10.8. The van der Waals surface area contributed by atoms with Gasteiger partial charge in [0, 0.05) is 24.2 Å². The molecule has 92 valence electrons. The van der Waals surface area contributed by atoms with Crippen LogP contribution in [0.3, 0.4) is 0 Å². The van der Waals surface area contributed by atoms with E-state index in [2.05, 4.69) is 40.8 Å². The van der Waals surface area contributed by atoms with E-state index < -0.39 is 0 Å². The van der Waals surface area contributed by atoms with Gasteiger partial charge in [0.15, 0.2) is 0 Å². The second-order valence-corrected chi connectivity index (χ2v) is 4.75. The first-order valence-electron chi connectivity index (χ1n) is 5.97. The van der Waals surface area contributed by atoms with E-state index >= 15 is 0 Å². The maximum atomic E-state index is 4.37. The Bertz CT molecular complexity index is 483. The maximum Gasteiger partial charge on any atom is 0.138 e. The molecular formula is C12H19N5. The molecule has 1 N–H and O–H groups in total. The van der Waals surface area contributed by atoms with Crippen molar-refractivity contribution < 1.29 is 0 Å². The van der Waals surface area contributed by atoms with Gasteiger partial charge in [-0.2, -0.15) is 5.10 Å². The second-order valence-electron chi connectivity index (χ2n) is 4.75. The average molecular weight is 233 g/mol. The second kappa shape index (κ2) is 4.69. The molecule has 17 heavy (non-hydrogen) atoms. The van der Waals surface area contributed by atoms with Crippen molar-refractivity contribution in [1.82, 2.24) is 24.7 Å². The Kier molecular flexibility index (Phi) is 3.26. The smallest absolute Gasteiger partial charge is 0.138 e. The summed E-state index contributed by atoms with van der Waals surface area (Å²) in [6.07, 6.45) is 4.40. The number of hydrogen-bond acceptors (Lipinski definition) is 3. The van der Waals surface area contributed by atoms with Gasteiger partial charge in [0.05, 0.1) is 6.04 Å². The third-order valence-corrected chi connectivity index (χ3v) is 2.88. The molecule has 2 heterocycles. The highest BCUT2D eigenvalue weighted by molar-refractivity contribution is 5.05. The molecule has 0 aliphatic heterocycles. The molecule has 1 atom stereocenters. The van der Waals surface area contributed by atoms with Crippen LogP contribution in [-0.4, -0.2) is 24.7 Å². The first kappa shape index (κ1) is 11.8. The van der Waals surface area contributed by atoms with E-state index in [1.807, 2.05) is 17.8 Å². The summed E-state index contributed by atoms with van der Waals surface area (Å²) in [6, 6.07) is 0.290. The molecule has 0 fully saturated rings. The first-order chi connectivity index (χ1) is 8.08. The molecule has 5 heteroatoms. The quantitative estimate of drug-likeness (QED) is 0.881. The summed E-state index contributed by atoms with van der Waals surface area (Å²) >= 11 is 0. The Labute approximate surface area is 101 Å². The zero-order chi connectivity index (χ0) is 12.4. The number of rotatable bonds is 4. The van der Waals surface area contributed by atoms with E-state index in [0.29, 0.717) is 5.92 Å². The predicted octanol–water partition coefficient (Wildman–Crippen LogP) is 2.24. The number of aryl methyl sites for hydroxylation is 1. The fourth-order valence-electron chi connectivity index (χ4n) is 1.92. The molecule has 2 rings (SSSR count). The summed E-state index contributed by atoms with van der Waals surface area (Å²) in [5.74, 6) is 2.43. The van der Waals surface area contributed by atoms with Gasteiger partial charge >= 0.3 is 0 Å². The molecule has 1 unspecified atom stereocenters. The van der Waals surface area contributed by atoms with Gasteiger partial charge in [0.1, 0.15) is 18.0 Å². The Balaban J connectivity index is 2.08. The minimum Gasteiger partial charge on any atom is -0.346 e. The number of H-pyrrole nitrogens is 1. The fraction of sp³-hybridized carbons (Fsp3) is 0.583. The van der Waals surface area contributed by atoms with Crippen molar-refractivity contribution in [2.24, 2.45) is 0 Å². The molecule has 0 spiro atoms. The SMILES string of the molecule is Cc1ncnn1C(C)Cc1cnc(C(C)C)[nH]1. The van der Waals surface area contributed by atoms with Gasteiger partial charge in [-0.15, -0.1) is 0 Å². The van der Waals surface area contributed by atoms with Gasteiger partial charge in [0.2, 0.25) is 0 Å². The lowest BCUT2D eigenvalue weighted by molar-refractivity contribution is 0.471. The molecule has 0 aliphatic rings. The van der Waals surface area contributed by atoms with E-state index in [-0.39, 0.29) is 6.04 Å². The van der Waals surface area contributed by atoms with Crippen molar-refractivity contribution in [3.8, 4) is 0 Å². The van der Waals surface area contributed by atoms with Crippen molar-refractivity contribution >= 4 is 0 Å². The minimum absolute atomic E-state index is 0.290. The van der Waals surface area contributed by atoms with Crippen LogP contribution in [0.1, 0.15) is 50.1 Å². The van der Waals surface area contributed by atoms with Gasteiger partial charge in [-0.3, -0.25) is 0 Å². The topological polar surface area (TPSA) is 59.4 Å². The van der Waals surface area contributed by atoms with Gasteiger partial charge in [-0.25, -0.2) is 14.6 Å². The van der Waals surface area contributed by atoms with Crippen LogP contribution in [0.25, 0.3) is 0 Å². The van der Waals surface area contributed by atoms with E-state index in [4.69, 9.17) is 0 Å². The molecule has 0 aliphatic carbocycles. The van der Waals surface area contributed by atoms with Crippen LogP contribution in [0.5, 0.6) is 0 Å². The van der Waals surface area contributed by atoms with Crippen molar-refractivity contribution in [3.63, 3.8) is 0 Å². The number of imidazole rings is 1. The maximum absolute atomic E-state index is 4.37. The zero-order valence-electron chi connectivity index (χ0n) is 10.8. The van der Waals surface area contributed by atoms with Crippen LogP contribution in [-0.2, 0) is 6.42 Å². The van der Waals surface area contributed by atoms with Crippen LogP contribution in [0.2, 0.25) is 0 Å². The summed E-state index contributed by atoms with van der Waals surface area (Å²) in [7, 11) is 0. The minimum atomic E-state index is 0.290. The number of aromatic nitrogens is 5. The van der Waals surface area contributed by atoms with Crippen molar-refractivity contribution in [1.29, 1.82) is 0 Å². The number of nitrogens with zero attached hydrogens (tertiary/aromatic N) is 4. The van der Waals surface area contributed by atoms with Crippen LogP contribution in [0.15, 0.2) is 12.5 Å².